The Balaban J connectivity index is 1.93. The van der Waals surface area contributed by atoms with E-state index < -0.39 is 0 Å². The molecule has 0 unspecified atom stereocenters. The Morgan fingerprint density at radius 2 is 1.52 bits per heavy atom. The molecule has 0 saturated carbocycles. The zero-order valence-corrected chi connectivity index (χ0v) is 18.8. The summed E-state index contributed by atoms with van der Waals surface area (Å²) < 4.78 is 14.6. The number of aromatic nitrogens is 1. The maximum atomic E-state index is 13.7. The molecule has 3 nitrogen and oxygen atoms in total. The van der Waals surface area contributed by atoms with Crippen molar-refractivity contribution in [3.63, 3.8) is 0 Å². The largest absolute Gasteiger partial charge is 0.357 e. The lowest BCUT2D eigenvalue weighted by molar-refractivity contribution is 0.102. The average Bonchev–Trinajstić information content (AvgIpc) is 3.17. The number of H-pyrrole nitrogens is 1. The molecule has 5 heteroatoms. The van der Waals surface area contributed by atoms with Crippen LogP contribution in [-0.2, 0) is 0 Å². The van der Waals surface area contributed by atoms with E-state index in [-0.39, 0.29) is 17.6 Å². The van der Waals surface area contributed by atoms with Gasteiger partial charge in [0, 0.05) is 21.4 Å². The van der Waals surface area contributed by atoms with E-state index in [1.807, 2.05) is 68.4 Å². The number of hydrogen-bond acceptors (Lipinski definition) is 1. The number of rotatable bonds is 5. The van der Waals surface area contributed by atoms with Gasteiger partial charge in [0.15, 0.2) is 0 Å². The molecule has 2 N–H and O–H groups in total. The number of benzene rings is 3. The third kappa shape index (κ3) is 4.47. The summed E-state index contributed by atoms with van der Waals surface area (Å²) in [4.78, 5) is 17.0. The van der Waals surface area contributed by atoms with Crippen molar-refractivity contribution in [3.05, 3.63) is 100 Å². The fourth-order valence-corrected chi connectivity index (χ4v) is 3.91. The summed E-state index contributed by atoms with van der Waals surface area (Å²) >= 11 is 3.48. The minimum Gasteiger partial charge on any atom is -0.357 e. The Kier molecular flexibility index (Phi) is 6.05. The molecule has 0 bridgehead atoms. The molecule has 0 aliphatic rings. The van der Waals surface area contributed by atoms with Crippen molar-refractivity contribution in [2.24, 2.45) is 0 Å². The zero-order chi connectivity index (χ0) is 22.0. The number of halogens is 2. The van der Waals surface area contributed by atoms with E-state index in [9.17, 15) is 9.18 Å². The summed E-state index contributed by atoms with van der Waals surface area (Å²) in [6, 6.07) is 23.5. The van der Waals surface area contributed by atoms with Crippen LogP contribution in [0.2, 0.25) is 0 Å². The predicted molar refractivity (Wildman–Crippen MR) is 128 cm³/mol. The first-order chi connectivity index (χ1) is 14.9. The van der Waals surface area contributed by atoms with Gasteiger partial charge in [0.2, 0.25) is 0 Å². The van der Waals surface area contributed by atoms with Gasteiger partial charge in [0.05, 0.1) is 11.3 Å². The predicted octanol–water partition coefficient (Wildman–Crippen LogP) is 7.63. The van der Waals surface area contributed by atoms with Crippen molar-refractivity contribution in [3.8, 4) is 22.4 Å². The zero-order valence-electron chi connectivity index (χ0n) is 17.2. The molecular formula is C26H22BrFN2O. The van der Waals surface area contributed by atoms with Crippen molar-refractivity contribution in [1.29, 1.82) is 0 Å². The lowest BCUT2D eigenvalue weighted by Crippen LogP contribution is -2.15. The van der Waals surface area contributed by atoms with Crippen molar-refractivity contribution in [2.45, 2.75) is 19.8 Å². The van der Waals surface area contributed by atoms with Crippen LogP contribution < -0.4 is 5.32 Å². The molecule has 0 radical (unpaired) electrons. The van der Waals surface area contributed by atoms with E-state index >= 15 is 0 Å². The van der Waals surface area contributed by atoms with Crippen molar-refractivity contribution >= 4 is 27.5 Å². The first-order valence-electron chi connectivity index (χ1n) is 10.1. The average molecular weight is 477 g/mol. The smallest absolute Gasteiger partial charge is 0.258 e. The molecule has 0 spiro atoms. The van der Waals surface area contributed by atoms with Gasteiger partial charge in [-0.1, -0.05) is 72.2 Å². The van der Waals surface area contributed by atoms with Gasteiger partial charge in [-0.2, -0.15) is 0 Å². The number of anilines is 1. The number of hydrogen-bond donors (Lipinski definition) is 2. The quantitative estimate of drug-likeness (QED) is 0.305. The molecule has 1 aromatic heterocycles. The third-order valence-electron chi connectivity index (χ3n) is 5.13. The van der Waals surface area contributed by atoms with Crippen LogP contribution in [0.5, 0.6) is 0 Å². The molecule has 4 aromatic rings. The van der Waals surface area contributed by atoms with Crippen LogP contribution in [0.25, 0.3) is 22.4 Å². The molecule has 0 saturated heterocycles. The Labute approximate surface area is 189 Å². The van der Waals surface area contributed by atoms with Crippen LogP contribution in [-0.4, -0.2) is 10.9 Å². The summed E-state index contributed by atoms with van der Waals surface area (Å²) in [5.74, 6) is -0.433. The van der Waals surface area contributed by atoms with Gasteiger partial charge < -0.3 is 10.3 Å². The van der Waals surface area contributed by atoms with Crippen LogP contribution >= 0.6 is 15.9 Å². The normalized spacial score (nSPS) is 11.0. The number of nitrogens with one attached hydrogen (secondary N) is 2. The van der Waals surface area contributed by atoms with Gasteiger partial charge in [-0.3, -0.25) is 4.79 Å². The molecule has 31 heavy (non-hydrogen) atoms. The summed E-state index contributed by atoms with van der Waals surface area (Å²) in [6.45, 7) is 4.09. The second-order valence-corrected chi connectivity index (χ2v) is 8.57. The van der Waals surface area contributed by atoms with Crippen LogP contribution in [0, 0.1) is 5.82 Å². The highest BCUT2D eigenvalue weighted by molar-refractivity contribution is 9.10. The lowest BCUT2D eigenvalue weighted by Gasteiger charge is -2.12. The van der Waals surface area contributed by atoms with E-state index in [2.05, 4.69) is 26.2 Å². The van der Waals surface area contributed by atoms with Gasteiger partial charge >= 0.3 is 0 Å². The first kappa shape index (κ1) is 21.1. The third-order valence-corrected chi connectivity index (χ3v) is 5.66. The SMILES string of the molecule is CC(C)c1[nH]c(-c2ccc(Br)cc2)c(-c2ccc(F)cc2)c1C(=O)Nc1ccccc1. The number of carbonyl (C=O) groups excluding carboxylic acids is 1. The highest BCUT2D eigenvalue weighted by Gasteiger charge is 2.26. The molecule has 0 atom stereocenters. The number of para-hydroxylation sites is 1. The Hall–Kier alpha value is -3.18. The Morgan fingerprint density at radius 3 is 2.13 bits per heavy atom. The minimum atomic E-state index is -0.316. The molecule has 1 amide bonds. The van der Waals surface area contributed by atoms with Gasteiger partial charge in [0.25, 0.3) is 5.91 Å². The van der Waals surface area contributed by atoms with Crippen LogP contribution in [0.15, 0.2) is 83.3 Å². The van der Waals surface area contributed by atoms with Crippen LogP contribution in [0.3, 0.4) is 0 Å². The van der Waals surface area contributed by atoms with Crippen molar-refractivity contribution in [2.75, 3.05) is 5.32 Å². The van der Waals surface area contributed by atoms with Gasteiger partial charge in [-0.15, -0.1) is 0 Å². The fourth-order valence-electron chi connectivity index (χ4n) is 3.64. The number of amides is 1. The highest BCUT2D eigenvalue weighted by atomic mass is 79.9. The molecule has 4 rings (SSSR count). The monoisotopic (exact) mass is 476 g/mol. The van der Waals surface area contributed by atoms with E-state index in [1.165, 1.54) is 12.1 Å². The molecule has 156 valence electrons. The topological polar surface area (TPSA) is 44.9 Å². The second-order valence-electron chi connectivity index (χ2n) is 7.65. The van der Waals surface area contributed by atoms with Crippen molar-refractivity contribution in [1.82, 2.24) is 4.98 Å². The molecule has 0 fully saturated rings. The second kappa shape index (κ2) is 8.90. The van der Waals surface area contributed by atoms with E-state index in [0.29, 0.717) is 5.56 Å². The van der Waals surface area contributed by atoms with Gasteiger partial charge in [0.1, 0.15) is 5.82 Å². The summed E-state index contributed by atoms with van der Waals surface area (Å²) in [7, 11) is 0. The maximum absolute atomic E-state index is 13.7. The minimum absolute atomic E-state index is 0.0833. The fraction of sp³-hybridized carbons (Fsp3) is 0.115. The van der Waals surface area contributed by atoms with E-state index in [4.69, 9.17) is 0 Å². The molecule has 0 aliphatic carbocycles. The van der Waals surface area contributed by atoms with Crippen LogP contribution in [0.4, 0.5) is 10.1 Å². The number of aromatic amines is 1. The highest BCUT2D eigenvalue weighted by Crippen LogP contribution is 2.40. The molecule has 3 aromatic carbocycles. The number of carbonyl (C=O) groups is 1. The first-order valence-corrected chi connectivity index (χ1v) is 10.9. The molecule has 1 heterocycles. The Morgan fingerprint density at radius 1 is 0.903 bits per heavy atom. The standard InChI is InChI=1S/C26H22BrFN2O/c1-16(2)24-23(26(31)29-21-6-4-3-5-7-21)22(17-10-14-20(28)15-11-17)25(30-24)18-8-12-19(27)13-9-18/h3-16,30H,1-2H3,(H,29,31). The van der Waals surface area contributed by atoms with Crippen LogP contribution in [0.1, 0.15) is 35.8 Å². The summed E-state index contributed by atoms with van der Waals surface area (Å²) in [5, 5.41) is 3.01. The van der Waals surface area contributed by atoms with E-state index in [1.54, 1.807) is 12.1 Å². The van der Waals surface area contributed by atoms with Gasteiger partial charge in [-0.05, 0) is 53.4 Å². The van der Waals surface area contributed by atoms with Crippen molar-refractivity contribution < 1.29 is 9.18 Å². The molecule has 0 aliphatic heterocycles. The van der Waals surface area contributed by atoms with Gasteiger partial charge in [-0.25, -0.2) is 4.39 Å². The summed E-state index contributed by atoms with van der Waals surface area (Å²) in [5.41, 5.74) is 5.46. The lowest BCUT2D eigenvalue weighted by atomic mass is 9.94. The maximum Gasteiger partial charge on any atom is 0.258 e. The van der Waals surface area contributed by atoms with E-state index in [0.717, 1.165) is 38.2 Å². The molecular weight excluding hydrogens is 455 g/mol. The Bertz CT molecular complexity index is 1200. The summed E-state index contributed by atoms with van der Waals surface area (Å²) in [6.07, 6.45) is 0.